The second-order valence-electron chi connectivity index (χ2n) is 7.09. The number of nitrogens with zero attached hydrogens (tertiary/aromatic N) is 2. The average Bonchev–Trinajstić information content (AvgIpc) is 3.09. The average molecular weight is 401 g/mol. The fraction of sp³-hybridized carbons (Fsp3) is 0.400. The van der Waals surface area contributed by atoms with Crippen LogP contribution in [0.4, 0.5) is 10.5 Å². The van der Waals surface area contributed by atoms with Crippen LogP contribution < -0.4 is 10.2 Å². The zero-order chi connectivity index (χ0) is 20.4. The van der Waals surface area contributed by atoms with Gasteiger partial charge in [0.15, 0.2) is 11.3 Å². The van der Waals surface area contributed by atoms with Gasteiger partial charge in [0.1, 0.15) is 0 Å². The largest absolute Gasteiger partial charge is 0.447 e. The highest BCUT2D eigenvalue weighted by Gasteiger charge is 2.34. The summed E-state index contributed by atoms with van der Waals surface area (Å²) in [6.45, 7) is 7.07. The van der Waals surface area contributed by atoms with Gasteiger partial charge in [0.05, 0.1) is 17.8 Å². The minimum atomic E-state index is -0.489. The van der Waals surface area contributed by atoms with Crippen LogP contribution in [0, 0.1) is 0 Å². The van der Waals surface area contributed by atoms with Crippen LogP contribution in [0.25, 0.3) is 11.3 Å². The Hall–Kier alpha value is -2.74. The van der Waals surface area contributed by atoms with Crippen molar-refractivity contribution < 1.29 is 19.1 Å². The van der Waals surface area contributed by atoms with Gasteiger partial charge in [0.2, 0.25) is 5.91 Å². The third-order valence-corrected chi connectivity index (χ3v) is 5.34. The van der Waals surface area contributed by atoms with Crippen LogP contribution in [0.2, 0.25) is 0 Å². The molecule has 0 bridgehead atoms. The molecule has 1 aliphatic heterocycles. The highest BCUT2D eigenvalue weighted by Crippen LogP contribution is 2.39. The first-order valence-electron chi connectivity index (χ1n) is 9.12. The lowest BCUT2D eigenvalue weighted by Crippen LogP contribution is -2.45. The predicted octanol–water partition coefficient (Wildman–Crippen LogP) is 3.94. The van der Waals surface area contributed by atoms with Gasteiger partial charge < -0.3 is 15.0 Å². The number of aromatic nitrogens is 1. The first-order chi connectivity index (χ1) is 13.3. The highest BCUT2D eigenvalue weighted by molar-refractivity contribution is 7.11. The summed E-state index contributed by atoms with van der Waals surface area (Å²) in [6, 6.07) is 5.29. The summed E-state index contributed by atoms with van der Waals surface area (Å²) < 4.78 is 5.23. The van der Waals surface area contributed by atoms with Crippen molar-refractivity contribution in [2.45, 2.75) is 52.3 Å². The lowest BCUT2D eigenvalue weighted by molar-refractivity contribution is -0.117. The van der Waals surface area contributed by atoms with E-state index in [2.05, 4.69) is 10.3 Å². The zero-order valence-electron chi connectivity index (χ0n) is 16.3. The molecular formula is C20H23N3O4S. The minimum absolute atomic E-state index is 0.0541. The number of alkyl carbamates (subject to hydrolysis) is 1. The third-order valence-electron chi connectivity index (χ3n) is 4.57. The molecule has 2 atom stereocenters. The van der Waals surface area contributed by atoms with Gasteiger partial charge in [-0.05, 0) is 44.9 Å². The van der Waals surface area contributed by atoms with E-state index < -0.39 is 6.09 Å². The molecule has 2 heterocycles. The first kappa shape index (κ1) is 20.0. The van der Waals surface area contributed by atoms with E-state index in [-0.39, 0.29) is 24.1 Å². The number of hydrogen-bond acceptors (Lipinski definition) is 6. The monoisotopic (exact) mass is 401 g/mol. The van der Waals surface area contributed by atoms with Crippen molar-refractivity contribution in [2.24, 2.45) is 0 Å². The van der Waals surface area contributed by atoms with Crippen molar-refractivity contribution >= 4 is 35.3 Å². The molecule has 0 saturated carbocycles. The smallest absolute Gasteiger partial charge is 0.407 e. The Morgan fingerprint density at radius 3 is 2.75 bits per heavy atom. The van der Waals surface area contributed by atoms with Crippen LogP contribution in [-0.2, 0) is 9.53 Å². The highest BCUT2D eigenvalue weighted by atomic mass is 32.1. The zero-order valence-corrected chi connectivity index (χ0v) is 17.1. The summed E-state index contributed by atoms with van der Waals surface area (Å²) >= 11 is 1.27. The van der Waals surface area contributed by atoms with E-state index in [0.717, 1.165) is 23.1 Å². The maximum Gasteiger partial charge on any atom is 0.407 e. The van der Waals surface area contributed by atoms with Gasteiger partial charge in [-0.25, -0.2) is 9.78 Å². The molecule has 1 N–H and O–H groups in total. The Bertz CT molecular complexity index is 909. The number of anilines is 1. The Kier molecular flexibility index (Phi) is 5.79. The predicted molar refractivity (Wildman–Crippen MR) is 108 cm³/mol. The number of ether oxygens (including phenoxy) is 1. The maximum absolute atomic E-state index is 12.2. The summed E-state index contributed by atoms with van der Waals surface area (Å²) in [4.78, 5) is 41.4. The van der Waals surface area contributed by atoms with Crippen LogP contribution in [0.1, 0.15) is 55.5 Å². The van der Waals surface area contributed by atoms with Crippen LogP contribution in [0.5, 0.6) is 0 Å². The molecule has 148 valence electrons. The molecule has 0 aliphatic carbocycles. The van der Waals surface area contributed by atoms with Gasteiger partial charge in [0, 0.05) is 29.6 Å². The van der Waals surface area contributed by atoms with E-state index in [9.17, 15) is 14.4 Å². The molecule has 0 fully saturated rings. The van der Waals surface area contributed by atoms with Crippen molar-refractivity contribution in [3.8, 4) is 11.3 Å². The number of fused-ring (bicyclic) bond motifs is 1. The molecule has 1 aromatic carbocycles. The van der Waals surface area contributed by atoms with Gasteiger partial charge >= 0.3 is 6.09 Å². The van der Waals surface area contributed by atoms with Crippen molar-refractivity contribution in [3.63, 3.8) is 0 Å². The summed E-state index contributed by atoms with van der Waals surface area (Å²) in [5.41, 5.74) is 3.10. The SMILES string of the molecule is CC(=O)N1c2ccc(-c3csc(C=O)n3)cc2C(NC(=O)OC(C)C)CC1C. The van der Waals surface area contributed by atoms with Gasteiger partial charge in [-0.3, -0.25) is 9.59 Å². The fourth-order valence-electron chi connectivity index (χ4n) is 3.50. The third kappa shape index (κ3) is 4.06. The number of rotatable bonds is 4. The Balaban J connectivity index is 2.01. The molecule has 2 aromatic rings. The second-order valence-corrected chi connectivity index (χ2v) is 7.98. The summed E-state index contributed by atoms with van der Waals surface area (Å²) in [7, 11) is 0. The molecular weight excluding hydrogens is 378 g/mol. The molecule has 8 heteroatoms. The lowest BCUT2D eigenvalue weighted by Gasteiger charge is -2.39. The maximum atomic E-state index is 12.2. The second kappa shape index (κ2) is 8.10. The van der Waals surface area contributed by atoms with Gasteiger partial charge in [-0.1, -0.05) is 6.07 Å². The molecule has 0 saturated heterocycles. The summed E-state index contributed by atoms with van der Waals surface area (Å²) in [5, 5.41) is 5.14. The van der Waals surface area contributed by atoms with E-state index in [1.807, 2.05) is 30.5 Å². The molecule has 3 rings (SSSR count). The number of nitrogens with one attached hydrogen (secondary N) is 1. The number of benzene rings is 1. The topological polar surface area (TPSA) is 88.6 Å². The summed E-state index contributed by atoms with van der Waals surface area (Å²) in [5.74, 6) is -0.0541. The van der Waals surface area contributed by atoms with Crippen LogP contribution >= 0.6 is 11.3 Å². The van der Waals surface area contributed by atoms with E-state index >= 15 is 0 Å². The Morgan fingerprint density at radius 1 is 1.39 bits per heavy atom. The summed E-state index contributed by atoms with van der Waals surface area (Å²) in [6.07, 6.45) is 0.576. The molecule has 7 nitrogen and oxygen atoms in total. The van der Waals surface area contributed by atoms with E-state index in [0.29, 0.717) is 17.1 Å². The lowest BCUT2D eigenvalue weighted by atomic mass is 9.90. The Labute approximate surface area is 167 Å². The molecule has 1 aliphatic rings. The van der Waals surface area contributed by atoms with Gasteiger partial charge in [0.25, 0.3) is 0 Å². The number of hydrogen-bond donors (Lipinski definition) is 1. The van der Waals surface area contributed by atoms with Crippen LogP contribution in [0.15, 0.2) is 23.6 Å². The van der Waals surface area contributed by atoms with Gasteiger partial charge in [-0.2, -0.15) is 0 Å². The van der Waals surface area contributed by atoms with Crippen molar-refractivity contribution in [2.75, 3.05) is 4.90 Å². The quantitative estimate of drug-likeness (QED) is 0.784. The molecule has 2 amide bonds. The fourth-order valence-corrected chi connectivity index (χ4v) is 4.13. The van der Waals surface area contributed by atoms with Crippen molar-refractivity contribution in [1.82, 2.24) is 10.3 Å². The van der Waals surface area contributed by atoms with E-state index in [1.165, 1.54) is 18.3 Å². The number of aldehydes is 1. The van der Waals surface area contributed by atoms with Crippen molar-refractivity contribution in [1.29, 1.82) is 0 Å². The molecule has 28 heavy (non-hydrogen) atoms. The van der Waals surface area contributed by atoms with Gasteiger partial charge in [-0.15, -0.1) is 11.3 Å². The van der Waals surface area contributed by atoms with Crippen LogP contribution in [0.3, 0.4) is 0 Å². The molecule has 0 radical (unpaired) electrons. The number of thiazole rings is 1. The number of carbonyl (C=O) groups excluding carboxylic acids is 3. The number of amides is 2. The first-order valence-corrected chi connectivity index (χ1v) is 10.00. The number of carbonyl (C=O) groups is 3. The van der Waals surface area contributed by atoms with Crippen LogP contribution in [-0.4, -0.2) is 35.4 Å². The molecule has 2 unspecified atom stereocenters. The minimum Gasteiger partial charge on any atom is -0.447 e. The van der Waals surface area contributed by atoms with E-state index in [4.69, 9.17) is 4.74 Å². The standard InChI is InChI=1S/C20H23N3O4S/c1-11(2)27-20(26)22-16-7-12(3)23(13(4)25)18-6-5-14(8-15(16)18)17-10-28-19(9-24)21-17/h5-6,8-12,16H,7H2,1-4H3,(H,22,26). The normalized spacial score (nSPS) is 18.5. The van der Waals surface area contributed by atoms with Crippen molar-refractivity contribution in [3.05, 3.63) is 34.2 Å². The molecule has 1 aromatic heterocycles. The Morgan fingerprint density at radius 2 is 2.14 bits per heavy atom. The molecule has 0 spiro atoms. The van der Waals surface area contributed by atoms with E-state index in [1.54, 1.807) is 18.7 Å².